The quantitative estimate of drug-likeness (QED) is 0.553. The number of fused-ring (bicyclic) bond motifs is 1. The monoisotopic (exact) mass is 451 g/mol. The number of pyridine rings is 1. The van der Waals surface area contributed by atoms with Gasteiger partial charge in [0.1, 0.15) is 5.69 Å². The maximum Gasteiger partial charge on any atom is 0.248 e. The van der Waals surface area contributed by atoms with Crippen molar-refractivity contribution in [2.75, 3.05) is 45.2 Å². The third-order valence-corrected chi connectivity index (χ3v) is 6.39. The maximum absolute atomic E-state index is 12.0. The zero-order valence-electron chi connectivity index (χ0n) is 17.9. The molecule has 0 bridgehead atoms. The molecule has 0 amide bonds. The number of halogens is 1. The Balaban J connectivity index is 1.54. The molecule has 0 spiro atoms. The van der Waals surface area contributed by atoms with Gasteiger partial charge in [-0.2, -0.15) is 5.10 Å². The van der Waals surface area contributed by atoms with Gasteiger partial charge in [0.15, 0.2) is 5.82 Å². The molecule has 1 saturated heterocycles. The molecular weight excluding hydrogens is 426 g/mol. The van der Waals surface area contributed by atoms with Crippen LogP contribution in [0.3, 0.4) is 0 Å². The third kappa shape index (κ3) is 4.04. The van der Waals surface area contributed by atoms with Crippen molar-refractivity contribution in [3.8, 4) is 11.4 Å². The van der Waals surface area contributed by atoms with Crippen molar-refractivity contribution in [1.82, 2.24) is 30.0 Å². The Morgan fingerprint density at radius 2 is 1.75 bits per heavy atom. The SMILES string of the molecule is CN1CCN(CCn2nc(-c3cccc(=O)[nH]3)c3c2NNC(c2ccccc2)=C3Cl)CC1. The summed E-state index contributed by atoms with van der Waals surface area (Å²) in [6.45, 7) is 5.83. The lowest BCUT2D eigenvalue weighted by Gasteiger charge is -2.32. The first kappa shape index (κ1) is 20.8. The molecule has 0 radical (unpaired) electrons. The second kappa shape index (κ2) is 8.82. The Morgan fingerprint density at radius 3 is 2.50 bits per heavy atom. The average Bonchev–Trinajstić information content (AvgIpc) is 3.19. The van der Waals surface area contributed by atoms with Crippen LogP contribution in [0.1, 0.15) is 11.1 Å². The van der Waals surface area contributed by atoms with E-state index in [0.29, 0.717) is 23.0 Å². The molecule has 0 unspecified atom stereocenters. The topological polar surface area (TPSA) is 81.2 Å². The zero-order chi connectivity index (χ0) is 22.1. The highest BCUT2D eigenvalue weighted by Gasteiger charge is 2.28. The Morgan fingerprint density at radius 1 is 0.969 bits per heavy atom. The molecule has 1 aromatic carbocycles. The predicted octanol–water partition coefficient (Wildman–Crippen LogP) is 2.48. The molecule has 5 rings (SSSR count). The highest BCUT2D eigenvalue weighted by atomic mass is 35.5. The number of piperazine rings is 1. The summed E-state index contributed by atoms with van der Waals surface area (Å²) in [7, 11) is 2.16. The van der Waals surface area contributed by atoms with Crippen molar-refractivity contribution in [1.29, 1.82) is 0 Å². The summed E-state index contributed by atoms with van der Waals surface area (Å²) in [5.74, 6) is 0.795. The van der Waals surface area contributed by atoms with Crippen LogP contribution in [0.15, 0.2) is 53.3 Å². The van der Waals surface area contributed by atoms with Gasteiger partial charge in [0.25, 0.3) is 0 Å². The molecule has 32 heavy (non-hydrogen) atoms. The number of hydrogen-bond donors (Lipinski definition) is 3. The van der Waals surface area contributed by atoms with Crippen molar-refractivity contribution in [3.63, 3.8) is 0 Å². The van der Waals surface area contributed by atoms with Crippen LogP contribution in [0.25, 0.3) is 22.1 Å². The lowest BCUT2D eigenvalue weighted by atomic mass is 10.1. The number of rotatable bonds is 5. The number of anilines is 1. The predicted molar refractivity (Wildman–Crippen MR) is 128 cm³/mol. The van der Waals surface area contributed by atoms with Gasteiger partial charge in [-0.25, -0.2) is 4.68 Å². The summed E-state index contributed by atoms with van der Waals surface area (Å²) in [5.41, 5.74) is 10.2. The summed E-state index contributed by atoms with van der Waals surface area (Å²) in [6, 6.07) is 15.0. The molecular formula is C23H26ClN7O. The van der Waals surface area contributed by atoms with Crippen LogP contribution in [0.2, 0.25) is 0 Å². The minimum absolute atomic E-state index is 0.173. The summed E-state index contributed by atoms with van der Waals surface area (Å²) >= 11 is 6.94. The minimum Gasteiger partial charge on any atom is -0.321 e. The van der Waals surface area contributed by atoms with Gasteiger partial charge in [0.05, 0.1) is 28.5 Å². The number of nitrogens with zero attached hydrogens (tertiary/aromatic N) is 4. The number of nitrogens with one attached hydrogen (secondary N) is 3. The molecule has 3 N–H and O–H groups in total. The van der Waals surface area contributed by atoms with Gasteiger partial charge in [-0.3, -0.25) is 20.5 Å². The molecule has 3 aromatic rings. The van der Waals surface area contributed by atoms with Crippen molar-refractivity contribution < 1.29 is 0 Å². The molecule has 0 aliphatic carbocycles. The smallest absolute Gasteiger partial charge is 0.248 e. The normalized spacial score (nSPS) is 17.1. The van der Waals surface area contributed by atoms with E-state index in [0.717, 1.165) is 55.4 Å². The molecule has 0 saturated carbocycles. The standard InChI is InChI=1S/C23H26ClN7O/c1-29-10-12-30(13-11-29)14-15-31-23-19(22(28-31)17-8-5-9-18(32)25-17)20(24)21(26-27-23)16-6-3-2-4-7-16/h2-9,26-27H,10-15H2,1H3,(H,25,32). The van der Waals surface area contributed by atoms with Crippen LogP contribution in [0, 0.1) is 0 Å². The van der Waals surface area contributed by atoms with Crippen LogP contribution in [-0.2, 0) is 6.54 Å². The van der Waals surface area contributed by atoms with E-state index in [9.17, 15) is 4.79 Å². The van der Waals surface area contributed by atoms with Crippen molar-refractivity contribution in [3.05, 3.63) is 70.0 Å². The number of hydrogen-bond acceptors (Lipinski definition) is 6. The average molecular weight is 452 g/mol. The van der Waals surface area contributed by atoms with Gasteiger partial charge in [0, 0.05) is 44.4 Å². The van der Waals surface area contributed by atoms with Gasteiger partial charge < -0.3 is 9.88 Å². The summed E-state index contributed by atoms with van der Waals surface area (Å²) in [4.78, 5) is 19.7. The second-order valence-electron chi connectivity index (χ2n) is 8.17. The first-order valence-corrected chi connectivity index (χ1v) is 11.2. The van der Waals surface area contributed by atoms with E-state index in [1.807, 2.05) is 41.1 Å². The Labute approximate surface area is 191 Å². The number of likely N-dealkylation sites (N-methyl/N-ethyl adjacent to an activating group) is 1. The minimum atomic E-state index is -0.173. The number of H-pyrrole nitrogens is 1. The van der Waals surface area contributed by atoms with Crippen LogP contribution in [0.4, 0.5) is 5.82 Å². The van der Waals surface area contributed by atoms with E-state index in [1.165, 1.54) is 6.07 Å². The van der Waals surface area contributed by atoms with E-state index in [4.69, 9.17) is 16.7 Å². The Hall–Kier alpha value is -3.07. The fraction of sp³-hybridized carbons (Fsp3) is 0.304. The largest absolute Gasteiger partial charge is 0.321 e. The lowest BCUT2D eigenvalue weighted by molar-refractivity contribution is 0.149. The van der Waals surface area contributed by atoms with E-state index in [1.54, 1.807) is 6.07 Å². The summed E-state index contributed by atoms with van der Waals surface area (Å²) < 4.78 is 1.94. The van der Waals surface area contributed by atoms with Crippen LogP contribution in [-0.4, -0.2) is 64.3 Å². The van der Waals surface area contributed by atoms with E-state index in [2.05, 4.69) is 32.7 Å². The van der Waals surface area contributed by atoms with Crippen LogP contribution in [0.5, 0.6) is 0 Å². The molecule has 8 nitrogen and oxygen atoms in total. The van der Waals surface area contributed by atoms with Gasteiger partial charge in [0.2, 0.25) is 5.56 Å². The molecule has 2 aliphatic rings. The van der Waals surface area contributed by atoms with Crippen molar-refractivity contribution in [2.45, 2.75) is 6.54 Å². The first-order valence-electron chi connectivity index (χ1n) is 10.8. The van der Waals surface area contributed by atoms with Crippen LogP contribution >= 0.6 is 11.6 Å². The molecule has 9 heteroatoms. The van der Waals surface area contributed by atoms with Gasteiger partial charge in [-0.1, -0.05) is 48.0 Å². The fourth-order valence-corrected chi connectivity index (χ4v) is 4.48. The third-order valence-electron chi connectivity index (χ3n) is 6.01. The van der Waals surface area contributed by atoms with E-state index >= 15 is 0 Å². The first-order chi connectivity index (χ1) is 15.6. The molecule has 0 atom stereocenters. The highest BCUT2D eigenvalue weighted by molar-refractivity contribution is 6.53. The van der Waals surface area contributed by atoms with Crippen molar-refractivity contribution >= 4 is 28.1 Å². The van der Waals surface area contributed by atoms with Crippen LogP contribution < -0.4 is 16.4 Å². The lowest BCUT2D eigenvalue weighted by Crippen LogP contribution is -2.45. The number of aromatic amines is 1. The Bertz CT molecular complexity index is 1190. The molecule has 166 valence electrons. The zero-order valence-corrected chi connectivity index (χ0v) is 18.7. The number of hydrazine groups is 1. The van der Waals surface area contributed by atoms with Gasteiger partial charge in [-0.15, -0.1) is 0 Å². The van der Waals surface area contributed by atoms with Crippen molar-refractivity contribution in [2.24, 2.45) is 0 Å². The fourth-order valence-electron chi connectivity index (χ4n) is 4.15. The number of aromatic nitrogens is 3. The van der Waals surface area contributed by atoms with Gasteiger partial charge >= 0.3 is 0 Å². The van der Waals surface area contributed by atoms with E-state index in [-0.39, 0.29) is 5.56 Å². The Kier molecular flexibility index (Phi) is 5.73. The molecule has 2 aromatic heterocycles. The molecule has 2 aliphatic heterocycles. The van der Waals surface area contributed by atoms with Gasteiger partial charge in [-0.05, 0) is 13.1 Å². The molecule has 1 fully saturated rings. The number of benzene rings is 1. The summed E-state index contributed by atoms with van der Waals surface area (Å²) in [6.07, 6.45) is 0. The van der Waals surface area contributed by atoms with E-state index < -0.39 is 0 Å². The second-order valence-corrected chi connectivity index (χ2v) is 8.55. The highest BCUT2D eigenvalue weighted by Crippen LogP contribution is 2.41. The molecule has 4 heterocycles. The summed E-state index contributed by atoms with van der Waals surface area (Å²) in [5, 5.41) is 5.43. The maximum atomic E-state index is 12.0.